The molecule has 2 N–H and O–H groups in total. The monoisotopic (exact) mass is 276 g/mol. The Labute approximate surface area is 122 Å². The van der Waals surface area contributed by atoms with Crippen molar-refractivity contribution in [1.29, 1.82) is 0 Å². The Hall–Kier alpha value is -1.32. The topological polar surface area (TPSA) is 55.0 Å². The summed E-state index contributed by atoms with van der Waals surface area (Å²) in [5.74, 6) is 2.60. The summed E-state index contributed by atoms with van der Waals surface area (Å²) in [5.41, 5.74) is 7.14. The van der Waals surface area contributed by atoms with Crippen LogP contribution in [0.2, 0.25) is 0 Å². The molecule has 2 rings (SSSR count). The Balaban J connectivity index is 2.31. The maximum absolute atomic E-state index is 6.10. The van der Waals surface area contributed by atoms with E-state index >= 15 is 0 Å². The maximum atomic E-state index is 6.10. The third-order valence-corrected chi connectivity index (χ3v) is 4.31. The first-order chi connectivity index (χ1) is 9.67. The van der Waals surface area contributed by atoms with Crippen LogP contribution in [0.1, 0.15) is 63.8 Å². The molecule has 1 aromatic rings. The van der Waals surface area contributed by atoms with Gasteiger partial charge in [0.25, 0.3) is 0 Å². The summed E-state index contributed by atoms with van der Waals surface area (Å²) in [7, 11) is 0. The zero-order valence-electron chi connectivity index (χ0n) is 13.2. The SMILES string of the molecule is CCCc1nc(N)c(C)c(N(CC)C2CCCCC2)n1. The molecule has 0 spiro atoms. The molecule has 0 bridgehead atoms. The number of nitrogens with two attached hydrogens (primary N) is 1. The third kappa shape index (κ3) is 3.22. The summed E-state index contributed by atoms with van der Waals surface area (Å²) in [6.45, 7) is 7.41. The lowest BCUT2D eigenvalue weighted by atomic mass is 9.94. The van der Waals surface area contributed by atoms with Gasteiger partial charge in [0, 0.05) is 24.6 Å². The number of rotatable bonds is 5. The lowest BCUT2D eigenvalue weighted by Crippen LogP contribution is -2.38. The minimum Gasteiger partial charge on any atom is -0.383 e. The fraction of sp³-hybridized carbons (Fsp3) is 0.750. The molecule has 0 radical (unpaired) electrons. The fourth-order valence-electron chi connectivity index (χ4n) is 3.16. The summed E-state index contributed by atoms with van der Waals surface area (Å²) in [5, 5.41) is 0. The maximum Gasteiger partial charge on any atom is 0.137 e. The van der Waals surface area contributed by atoms with Crippen LogP contribution in [0.4, 0.5) is 11.6 Å². The first kappa shape index (κ1) is 15.1. The lowest BCUT2D eigenvalue weighted by molar-refractivity contribution is 0.415. The minimum absolute atomic E-state index is 0.622. The van der Waals surface area contributed by atoms with Crippen LogP contribution < -0.4 is 10.6 Å². The van der Waals surface area contributed by atoms with E-state index in [4.69, 9.17) is 10.7 Å². The van der Waals surface area contributed by atoms with Gasteiger partial charge in [-0.1, -0.05) is 26.2 Å². The van der Waals surface area contributed by atoms with Crippen LogP contribution in [0.25, 0.3) is 0 Å². The molecule has 4 nitrogen and oxygen atoms in total. The number of nitrogen functional groups attached to an aromatic ring is 1. The molecular formula is C16H28N4. The van der Waals surface area contributed by atoms with Gasteiger partial charge in [-0.15, -0.1) is 0 Å². The highest BCUT2D eigenvalue weighted by atomic mass is 15.2. The molecule has 1 fully saturated rings. The molecule has 0 aromatic carbocycles. The van der Waals surface area contributed by atoms with Crippen LogP contribution in [0, 0.1) is 6.92 Å². The van der Waals surface area contributed by atoms with E-state index in [0.717, 1.165) is 36.6 Å². The quantitative estimate of drug-likeness (QED) is 0.894. The summed E-state index contributed by atoms with van der Waals surface area (Å²) in [4.78, 5) is 11.7. The van der Waals surface area contributed by atoms with Gasteiger partial charge in [-0.25, -0.2) is 9.97 Å². The van der Waals surface area contributed by atoms with Crippen molar-refractivity contribution >= 4 is 11.6 Å². The van der Waals surface area contributed by atoms with E-state index in [-0.39, 0.29) is 0 Å². The van der Waals surface area contributed by atoms with Crippen LogP contribution in [-0.4, -0.2) is 22.6 Å². The van der Waals surface area contributed by atoms with E-state index in [2.05, 4.69) is 23.7 Å². The van der Waals surface area contributed by atoms with Crippen molar-refractivity contribution in [1.82, 2.24) is 9.97 Å². The molecule has 20 heavy (non-hydrogen) atoms. The Morgan fingerprint density at radius 3 is 2.45 bits per heavy atom. The van der Waals surface area contributed by atoms with Crippen molar-refractivity contribution in [2.75, 3.05) is 17.2 Å². The van der Waals surface area contributed by atoms with Gasteiger partial charge in [0.15, 0.2) is 0 Å². The minimum atomic E-state index is 0.622. The predicted octanol–water partition coefficient (Wildman–Crippen LogP) is 3.48. The normalized spacial score (nSPS) is 16.4. The summed E-state index contributed by atoms with van der Waals surface area (Å²) >= 11 is 0. The van der Waals surface area contributed by atoms with Crippen molar-refractivity contribution in [2.24, 2.45) is 0 Å². The standard InChI is InChI=1S/C16H28N4/c1-4-9-14-18-15(17)12(3)16(19-14)20(5-2)13-10-7-6-8-11-13/h13H,4-11H2,1-3H3,(H2,17,18,19). The lowest BCUT2D eigenvalue weighted by Gasteiger charge is -2.35. The molecule has 0 saturated heterocycles. The van der Waals surface area contributed by atoms with Gasteiger partial charge < -0.3 is 10.6 Å². The molecule has 1 aromatic heterocycles. The highest BCUT2D eigenvalue weighted by molar-refractivity contribution is 5.57. The molecule has 1 aliphatic rings. The molecule has 0 atom stereocenters. The van der Waals surface area contributed by atoms with Gasteiger partial charge >= 0.3 is 0 Å². The zero-order chi connectivity index (χ0) is 14.5. The van der Waals surface area contributed by atoms with Crippen molar-refractivity contribution in [3.8, 4) is 0 Å². The average molecular weight is 276 g/mol. The Kier molecular flexibility index (Phi) is 5.21. The van der Waals surface area contributed by atoms with Crippen LogP contribution in [0.5, 0.6) is 0 Å². The summed E-state index contributed by atoms with van der Waals surface area (Å²) in [6.07, 6.45) is 8.56. The first-order valence-electron chi connectivity index (χ1n) is 8.07. The molecule has 0 amide bonds. The van der Waals surface area contributed by atoms with Crippen molar-refractivity contribution < 1.29 is 0 Å². The van der Waals surface area contributed by atoms with E-state index in [9.17, 15) is 0 Å². The predicted molar refractivity (Wildman–Crippen MR) is 85.1 cm³/mol. The molecule has 0 aliphatic heterocycles. The molecule has 0 unspecified atom stereocenters. The fourth-order valence-corrected chi connectivity index (χ4v) is 3.16. The Morgan fingerprint density at radius 1 is 1.15 bits per heavy atom. The van der Waals surface area contributed by atoms with Crippen LogP contribution >= 0.6 is 0 Å². The van der Waals surface area contributed by atoms with Gasteiger partial charge in [-0.05, 0) is 33.1 Å². The molecule has 1 heterocycles. The second-order valence-corrected chi connectivity index (χ2v) is 5.80. The van der Waals surface area contributed by atoms with Crippen LogP contribution in [-0.2, 0) is 6.42 Å². The van der Waals surface area contributed by atoms with E-state index < -0.39 is 0 Å². The van der Waals surface area contributed by atoms with Gasteiger partial charge in [0.05, 0.1) is 0 Å². The highest BCUT2D eigenvalue weighted by Gasteiger charge is 2.23. The van der Waals surface area contributed by atoms with Gasteiger partial charge in [-0.2, -0.15) is 0 Å². The number of aryl methyl sites for hydroxylation is 1. The Bertz CT molecular complexity index is 438. The van der Waals surface area contributed by atoms with Crippen LogP contribution in [0.15, 0.2) is 0 Å². The second-order valence-electron chi connectivity index (χ2n) is 5.80. The van der Waals surface area contributed by atoms with E-state index in [0.29, 0.717) is 11.9 Å². The van der Waals surface area contributed by atoms with E-state index in [1.54, 1.807) is 0 Å². The van der Waals surface area contributed by atoms with Crippen molar-refractivity contribution in [3.63, 3.8) is 0 Å². The number of hydrogen-bond donors (Lipinski definition) is 1. The van der Waals surface area contributed by atoms with Crippen molar-refractivity contribution in [2.45, 2.75) is 71.8 Å². The zero-order valence-corrected chi connectivity index (χ0v) is 13.2. The highest BCUT2D eigenvalue weighted by Crippen LogP contribution is 2.29. The van der Waals surface area contributed by atoms with Gasteiger partial charge in [-0.3, -0.25) is 0 Å². The molecule has 1 aliphatic carbocycles. The number of anilines is 2. The molecule has 4 heteroatoms. The van der Waals surface area contributed by atoms with E-state index in [1.807, 2.05) is 6.92 Å². The van der Waals surface area contributed by atoms with E-state index in [1.165, 1.54) is 32.1 Å². The van der Waals surface area contributed by atoms with Gasteiger partial charge in [0.1, 0.15) is 17.5 Å². The number of hydrogen-bond acceptors (Lipinski definition) is 4. The molecule has 112 valence electrons. The van der Waals surface area contributed by atoms with Gasteiger partial charge in [0.2, 0.25) is 0 Å². The number of nitrogens with zero attached hydrogens (tertiary/aromatic N) is 3. The second kappa shape index (κ2) is 6.91. The average Bonchev–Trinajstić information content (AvgIpc) is 2.46. The summed E-state index contributed by atoms with van der Waals surface area (Å²) in [6, 6.07) is 0.622. The Morgan fingerprint density at radius 2 is 1.85 bits per heavy atom. The first-order valence-corrected chi connectivity index (χ1v) is 8.07. The number of aromatic nitrogens is 2. The van der Waals surface area contributed by atoms with Crippen molar-refractivity contribution in [3.05, 3.63) is 11.4 Å². The molecule has 1 saturated carbocycles. The molecular weight excluding hydrogens is 248 g/mol. The largest absolute Gasteiger partial charge is 0.383 e. The smallest absolute Gasteiger partial charge is 0.137 e. The van der Waals surface area contributed by atoms with Crippen LogP contribution in [0.3, 0.4) is 0 Å². The summed E-state index contributed by atoms with van der Waals surface area (Å²) < 4.78 is 0. The third-order valence-electron chi connectivity index (χ3n) is 4.31.